The Balaban J connectivity index is 2.81. The Kier molecular flexibility index (Phi) is 3.14. The quantitative estimate of drug-likeness (QED) is 0.431. The number of nitrogens with zero attached hydrogens (tertiary/aromatic N) is 1. The average molecular weight is 183 g/mol. The summed E-state index contributed by atoms with van der Waals surface area (Å²) in [5, 5.41) is 1.88. The number of nitrogens with two attached hydrogens (primary N) is 1. The zero-order valence-electron chi connectivity index (χ0n) is 6.87. The van der Waals surface area contributed by atoms with Crippen molar-refractivity contribution in [2.24, 2.45) is 5.84 Å². The Morgan fingerprint density at radius 2 is 2.00 bits per heavy atom. The molecule has 0 saturated carbocycles. The van der Waals surface area contributed by atoms with E-state index >= 15 is 0 Å². The van der Waals surface area contributed by atoms with Crippen LogP contribution in [0.25, 0.3) is 6.08 Å². The number of hydrogen-bond donors (Lipinski definition) is 1. The summed E-state index contributed by atoms with van der Waals surface area (Å²) < 4.78 is 0. The molecule has 0 amide bonds. The van der Waals surface area contributed by atoms with Crippen molar-refractivity contribution in [2.75, 3.05) is 7.05 Å². The average Bonchev–Trinajstić information content (AvgIpc) is 2.06. The van der Waals surface area contributed by atoms with Gasteiger partial charge in [-0.2, -0.15) is 0 Å². The Hall–Kier alpha value is -0.990. The van der Waals surface area contributed by atoms with E-state index in [1.54, 1.807) is 7.05 Å². The molecule has 0 saturated heterocycles. The lowest BCUT2D eigenvalue weighted by atomic mass is 10.2. The number of hydrogen-bond acceptors (Lipinski definition) is 2. The van der Waals surface area contributed by atoms with Crippen molar-refractivity contribution in [1.82, 2.24) is 5.01 Å². The van der Waals surface area contributed by atoms with Gasteiger partial charge in [0.25, 0.3) is 0 Å². The number of benzene rings is 1. The van der Waals surface area contributed by atoms with Crippen LogP contribution in [-0.2, 0) is 0 Å². The van der Waals surface area contributed by atoms with Gasteiger partial charge in [-0.05, 0) is 11.6 Å². The molecule has 0 fully saturated rings. The molecule has 0 radical (unpaired) electrons. The molecule has 12 heavy (non-hydrogen) atoms. The molecule has 0 aromatic heterocycles. The van der Waals surface area contributed by atoms with Gasteiger partial charge in [0.05, 0.1) is 0 Å². The van der Waals surface area contributed by atoms with Crippen LogP contribution >= 0.6 is 11.6 Å². The molecule has 0 atom stereocenters. The second kappa shape index (κ2) is 4.14. The third-order valence-corrected chi connectivity index (χ3v) is 1.80. The van der Waals surface area contributed by atoms with Crippen molar-refractivity contribution >= 4 is 17.7 Å². The van der Waals surface area contributed by atoms with E-state index in [2.05, 4.69) is 0 Å². The third-order valence-electron chi connectivity index (χ3n) is 1.42. The summed E-state index contributed by atoms with van der Waals surface area (Å²) in [5.41, 5.74) is 1.04. The fraction of sp³-hybridized carbons (Fsp3) is 0.111. The van der Waals surface area contributed by atoms with Crippen LogP contribution in [0.4, 0.5) is 0 Å². The van der Waals surface area contributed by atoms with Gasteiger partial charge in [-0.3, -0.25) is 0 Å². The van der Waals surface area contributed by atoms with Crippen molar-refractivity contribution in [3.05, 3.63) is 41.1 Å². The number of halogens is 1. The Labute approximate surface area is 77.2 Å². The molecule has 64 valence electrons. The van der Waals surface area contributed by atoms with E-state index in [1.807, 2.05) is 36.4 Å². The third kappa shape index (κ3) is 2.57. The summed E-state index contributed by atoms with van der Waals surface area (Å²) in [6, 6.07) is 9.79. The van der Waals surface area contributed by atoms with Crippen LogP contribution < -0.4 is 5.84 Å². The fourth-order valence-corrected chi connectivity index (χ4v) is 0.915. The predicted molar refractivity (Wildman–Crippen MR) is 52.2 cm³/mol. The van der Waals surface area contributed by atoms with Gasteiger partial charge < -0.3 is 5.01 Å². The van der Waals surface area contributed by atoms with E-state index in [-0.39, 0.29) is 0 Å². The summed E-state index contributed by atoms with van der Waals surface area (Å²) in [6.07, 6.45) is 1.81. The molecule has 0 bridgehead atoms. The molecule has 0 spiro atoms. The molecular formula is C9H11ClN2. The van der Waals surface area contributed by atoms with Crippen molar-refractivity contribution in [1.29, 1.82) is 0 Å². The predicted octanol–water partition coefficient (Wildman–Crippen LogP) is 2.03. The summed E-state index contributed by atoms with van der Waals surface area (Å²) in [6.45, 7) is 0. The van der Waals surface area contributed by atoms with Gasteiger partial charge in [-0.15, -0.1) is 0 Å². The highest BCUT2D eigenvalue weighted by molar-refractivity contribution is 6.31. The van der Waals surface area contributed by atoms with Gasteiger partial charge in [-0.1, -0.05) is 41.9 Å². The van der Waals surface area contributed by atoms with E-state index < -0.39 is 0 Å². The van der Waals surface area contributed by atoms with E-state index in [9.17, 15) is 0 Å². The largest absolute Gasteiger partial charge is 0.304 e. The molecule has 1 aromatic rings. The van der Waals surface area contributed by atoms with Crippen molar-refractivity contribution in [3.8, 4) is 0 Å². The number of rotatable bonds is 2. The van der Waals surface area contributed by atoms with Crippen molar-refractivity contribution in [2.45, 2.75) is 0 Å². The van der Waals surface area contributed by atoms with Gasteiger partial charge in [-0.25, -0.2) is 5.84 Å². The fourth-order valence-electron chi connectivity index (χ4n) is 0.789. The van der Waals surface area contributed by atoms with Crippen LogP contribution in [-0.4, -0.2) is 12.1 Å². The first-order valence-corrected chi connectivity index (χ1v) is 3.98. The van der Waals surface area contributed by atoms with Crippen molar-refractivity contribution in [3.63, 3.8) is 0 Å². The van der Waals surface area contributed by atoms with Crippen LogP contribution in [0.3, 0.4) is 0 Å². The molecule has 0 heterocycles. The smallest absolute Gasteiger partial charge is 0.119 e. The monoisotopic (exact) mass is 182 g/mol. The maximum Gasteiger partial charge on any atom is 0.119 e. The molecule has 2 N–H and O–H groups in total. The zero-order valence-corrected chi connectivity index (χ0v) is 7.62. The van der Waals surface area contributed by atoms with Gasteiger partial charge in [0.15, 0.2) is 0 Å². The summed E-state index contributed by atoms with van der Waals surface area (Å²) >= 11 is 5.81. The number of hydrazine groups is 1. The SMILES string of the molecule is CN(N)/C(Cl)=C\c1ccccc1. The molecular weight excluding hydrogens is 172 g/mol. The van der Waals surface area contributed by atoms with Gasteiger partial charge in [0, 0.05) is 7.05 Å². The highest BCUT2D eigenvalue weighted by Crippen LogP contribution is 2.09. The summed E-state index contributed by atoms with van der Waals surface area (Å²) in [5.74, 6) is 5.42. The van der Waals surface area contributed by atoms with E-state index in [4.69, 9.17) is 17.4 Å². The van der Waals surface area contributed by atoms with Gasteiger partial charge in [0.1, 0.15) is 5.16 Å². The van der Waals surface area contributed by atoms with Gasteiger partial charge in [0.2, 0.25) is 0 Å². The normalized spacial score (nSPS) is 11.4. The molecule has 0 aliphatic carbocycles. The Morgan fingerprint density at radius 3 is 2.50 bits per heavy atom. The van der Waals surface area contributed by atoms with Crippen LogP contribution in [0.5, 0.6) is 0 Å². The highest BCUT2D eigenvalue weighted by atomic mass is 35.5. The lowest BCUT2D eigenvalue weighted by molar-refractivity contribution is 0.473. The minimum absolute atomic E-state index is 0.515. The molecule has 1 aromatic carbocycles. The lowest BCUT2D eigenvalue weighted by Gasteiger charge is -2.09. The first kappa shape index (κ1) is 9.10. The molecule has 0 aliphatic heterocycles. The summed E-state index contributed by atoms with van der Waals surface area (Å²) in [4.78, 5) is 0. The molecule has 2 nitrogen and oxygen atoms in total. The van der Waals surface area contributed by atoms with E-state index in [1.165, 1.54) is 5.01 Å². The molecule has 1 rings (SSSR count). The molecule has 3 heteroatoms. The van der Waals surface area contributed by atoms with Crippen LogP contribution in [0.2, 0.25) is 0 Å². The maximum atomic E-state index is 5.81. The topological polar surface area (TPSA) is 29.3 Å². The maximum absolute atomic E-state index is 5.81. The standard InChI is InChI=1S/C9H11ClN2/c1-12(11)9(10)7-8-5-3-2-4-6-8/h2-7H,11H2,1H3/b9-7-. The minimum Gasteiger partial charge on any atom is -0.304 e. The minimum atomic E-state index is 0.515. The Morgan fingerprint density at radius 1 is 1.42 bits per heavy atom. The second-order valence-corrected chi connectivity index (χ2v) is 2.88. The Bertz CT molecular complexity index is 267. The van der Waals surface area contributed by atoms with E-state index in [0.29, 0.717) is 5.16 Å². The summed E-state index contributed by atoms with van der Waals surface area (Å²) in [7, 11) is 1.70. The van der Waals surface area contributed by atoms with E-state index in [0.717, 1.165) is 5.56 Å². The first-order valence-electron chi connectivity index (χ1n) is 3.61. The lowest BCUT2D eigenvalue weighted by Crippen LogP contribution is -2.22. The van der Waals surface area contributed by atoms with Crippen LogP contribution in [0.15, 0.2) is 35.5 Å². The van der Waals surface area contributed by atoms with Crippen LogP contribution in [0.1, 0.15) is 5.56 Å². The van der Waals surface area contributed by atoms with Gasteiger partial charge >= 0.3 is 0 Å². The zero-order chi connectivity index (χ0) is 8.97. The van der Waals surface area contributed by atoms with Crippen LogP contribution in [0, 0.1) is 0 Å². The highest BCUT2D eigenvalue weighted by Gasteiger charge is 1.93. The first-order chi connectivity index (χ1) is 5.70. The molecule has 0 aliphatic rings. The second-order valence-electron chi connectivity index (χ2n) is 2.49. The van der Waals surface area contributed by atoms with Crippen molar-refractivity contribution < 1.29 is 0 Å². The molecule has 0 unspecified atom stereocenters.